The fourth-order valence-corrected chi connectivity index (χ4v) is 2.47. The number of nitrogens with zero attached hydrogens (tertiary/aromatic N) is 1. The minimum atomic E-state index is -5.16. The molecule has 0 aromatic heterocycles. The van der Waals surface area contributed by atoms with Gasteiger partial charge in [0.1, 0.15) is 17.3 Å². The number of benzene rings is 2. The molecule has 0 atom stereocenters. The van der Waals surface area contributed by atoms with Crippen LogP contribution in [0.5, 0.6) is 11.5 Å². The van der Waals surface area contributed by atoms with Crippen molar-refractivity contribution in [3.05, 3.63) is 59.4 Å². The van der Waals surface area contributed by atoms with Gasteiger partial charge in [-0.25, -0.2) is 4.39 Å². The summed E-state index contributed by atoms with van der Waals surface area (Å²) < 4.78 is 62.2. The van der Waals surface area contributed by atoms with E-state index in [2.05, 4.69) is 0 Å². The van der Waals surface area contributed by atoms with Gasteiger partial charge in [-0.3, -0.25) is 9.59 Å². The van der Waals surface area contributed by atoms with Crippen molar-refractivity contribution in [2.45, 2.75) is 40.4 Å². The van der Waals surface area contributed by atoms with Crippen molar-refractivity contribution < 1.29 is 36.6 Å². The van der Waals surface area contributed by atoms with E-state index < -0.39 is 36.8 Å². The predicted octanol–water partition coefficient (Wildman–Crippen LogP) is 5.67. The van der Waals surface area contributed by atoms with Crippen LogP contribution in [-0.2, 0) is 11.3 Å². The highest BCUT2D eigenvalue weighted by Gasteiger charge is 2.43. The standard InChI is InChI=1S/C19H17F4NO4.2C2H6/c1-27-15-8-5-13(17(9-15)28-2)10-24(18(26)19(21,22)23)11-16(25)12-3-6-14(20)7-4-12;2*1-2/h3-9H,10-11H2,1-2H3;2*1-2H3. The van der Waals surface area contributed by atoms with Gasteiger partial charge in [0.05, 0.1) is 27.3 Å². The number of carbonyl (C=O) groups excluding carboxylic acids is 2. The molecule has 0 bridgehead atoms. The lowest BCUT2D eigenvalue weighted by Gasteiger charge is -2.24. The first-order valence-corrected chi connectivity index (χ1v) is 10.0. The molecule has 0 unspecified atom stereocenters. The molecule has 0 heterocycles. The second-order valence-corrected chi connectivity index (χ2v) is 5.77. The fourth-order valence-electron chi connectivity index (χ4n) is 2.47. The smallest absolute Gasteiger partial charge is 0.471 e. The van der Waals surface area contributed by atoms with Gasteiger partial charge in [-0.1, -0.05) is 27.7 Å². The molecule has 5 nitrogen and oxygen atoms in total. The molecule has 2 aromatic rings. The highest BCUT2D eigenvalue weighted by atomic mass is 19.4. The Bertz CT molecular complexity index is 852. The van der Waals surface area contributed by atoms with Gasteiger partial charge < -0.3 is 14.4 Å². The summed E-state index contributed by atoms with van der Waals surface area (Å²) in [5, 5.41) is 0. The molecule has 0 aliphatic heterocycles. The third-order valence-electron chi connectivity index (χ3n) is 3.89. The average molecular weight is 459 g/mol. The van der Waals surface area contributed by atoms with E-state index in [1.807, 2.05) is 27.7 Å². The van der Waals surface area contributed by atoms with Gasteiger partial charge in [0.2, 0.25) is 0 Å². The Morgan fingerprint density at radius 2 is 1.47 bits per heavy atom. The number of ether oxygens (including phenoxy) is 2. The lowest BCUT2D eigenvalue weighted by Crippen LogP contribution is -2.43. The van der Waals surface area contributed by atoms with Gasteiger partial charge >= 0.3 is 12.1 Å². The second kappa shape index (κ2) is 14.1. The largest absolute Gasteiger partial charge is 0.497 e. The number of Topliss-reactive ketones (excluding diaryl/α,β-unsaturated/α-hetero) is 1. The Labute approximate surface area is 185 Å². The lowest BCUT2D eigenvalue weighted by molar-refractivity contribution is -0.185. The molecule has 0 aliphatic rings. The summed E-state index contributed by atoms with van der Waals surface area (Å²) in [7, 11) is 2.73. The van der Waals surface area contributed by atoms with Gasteiger partial charge in [-0.05, 0) is 36.4 Å². The number of methoxy groups -OCH3 is 2. The third-order valence-corrected chi connectivity index (χ3v) is 3.89. The number of hydrogen-bond acceptors (Lipinski definition) is 4. The average Bonchev–Trinajstić information content (AvgIpc) is 2.80. The second-order valence-electron chi connectivity index (χ2n) is 5.77. The summed E-state index contributed by atoms with van der Waals surface area (Å²) in [4.78, 5) is 24.5. The van der Waals surface area contributed by atoms with E-state index in [-0.39, 0.29) is 16.9 Å². The lowest BCUT2D eigenvalue weighted by atomic mass is 10.1. The van der Waals surface area contributed by atoms with E-state index in [1.54, 1.807) is 0 Å². The Balaban J connectivity index is 0.00000227. The van der Waals surface area contributed by atoms with Crippen molar-refractivity contribution in [1.82, 2.24) is 4.90 Å². The fraction of sp³-hybridized carbons (Fsp3) is 0.391. The summed E-state index contributed by atoms with van der Waals surface area (Å²) in [6, 6.07) is 8.69. The van der Waals surface area contributed by atoms with Crippen LogP contribution in [0, 0.1) is 5.82 Å². The van der Waals surface area contributed by atoms with Gasteiger partial charge in [-0.15, -0.1) is 0 Å². The number of halogens is 4. The van der Waals surface area contributed by atoms with Crippen LogP contribution < -0.4 is 9.47 Å². The molecule has 2 rings (SSSR count). The molecule has 178 valence electrons. The first kappa shape index (κ1) is 28.9. The van der Waals surface area contributed by atoms with Crippen LogP contribution in [0.25, 0.3) is 0 Å². The van der Waals surface area contributed by atoms with Crippen LogP contribution in [0.1, 0.15) is 43.6 Å². The van der Waals surface area contributed by atoms with Crippen LogP contribution in [0.4, 0.5) is 17.6 Å². The molecule has 0 aliphatic carbocycles. The maximum absolute atomic E-state index is 13.0. The molecule has 0 fully saturated rings. The van der Waals surface area contributed by atoms with Crippen LogP contribution in [0.3, 0.4) is 0 Å². The van der Waals surface area contributed by atoms with Gasteiger partial charge in [0.25, 0.3) is 0 Å². The summed E-state index contributed by atoms with van der Waals surface area (Å²) in [6.45, 7) is 6.65. The molecule has 0 spiro atoms. The van der Waals surface area contributed by atoms with Gasteiger partial charge in [0, 0.05) is 17.2 Å². The number of carbonyl (C=O) groups is 2. The Kier molecular flexibility index (Phi) is 12.7. The number of rotatable bonds is 7. The summed E-state index contributed by atoms with van der Waals surface area (Å²) in [5.41, 5.74) is 0.246. The monoisotopic (exact) mass is 459 g/mol. The van der Waals surface area contributed by atoms with Crippen molar-refractivity contribution in [3.63, 3.8) is 0 Å². The van der Waals surface area contributed by atoms with E-state index in [1.165, 1.54) is 32.4 Å². The highest BCUT2D eigenvalue weighted by molar-refractivity contribution is 5.99. The minimum Gasteiger partial charge on any atom is -0.497 e. The van der Waals surface area contributed by atoms with Crippen molar-refractivity contribution in [2.24, 2.45) is 0 Å². The van der Waals surface area contributed by atoms with Crippen LogP contribution in [-0.4, -0.2) is 43.5 Å². The summed E-state index contributed by atoms with van der Waals surface area (Å²) >= 11 is 0. The zero-order valence-electron chi connectivity index (χ0n) is 19.0. The molecule has 0 saturated carbocycles. The topological polar surface area (TPSA) is 55.8 Å². The summed E-state index contributed by atoms with van der Waals surface area (Å²) in [6.07, 6.45) is -5.16. The van der Waals surface area contributed by atoms with Crippen LogP contribution in [0.15, 0.2) is 42.5 Å². The van der Waals surface area contributed by atoms with Crippen molar-refractivity contribution in [1.29, 1.82) is 0 Å². The quantitative estimate of drug-likeness (QED) is 0.396. The number of alkyl halides is 3. The van der Waals surface area contributed by atoms with E-state index in [4.69, 9.17) is 9.47 Å². The van der Waals surface area contributed by atoms with Gasteiger partial charge in [0.15, 0.2) is 5.78 Å². The molecule has 32 heavy (non-hydrogen) atoms. The molecule has 1 amide bonds. The van der Waals surface area contributed by atoms with E-state index in [9.17, 15) is 27.2 Å². The van der Waals surface area contributed by atoms with Crippen LogP contribution >= 0.6 is 0 Å². The number of hydrogen-bond donors (Lipinski definition) is 0. The highest BCUT2D eigenvalue weighted by Crippen LogP contribution is 2.27. The van der Waals surface area contributed by atoms with E-state index >= 15 is 0 Å². The van der Waals surface area contributed by atoms with E-state index in [0.717, 1.165) is 24.3 Å². The predicted molar refractivity (Wildman–Crippen MR) is 114 cm³/mol. The number of amides is 1. The Morgan fingerprint density at radius 3 is 1.94 bits per heavy atom. The molecule has 0 saturated heterocycles. The Hall–Kier alpha value is -3.10. The maximum atomic E-state index is 13.0. The van der Waals surface area contributed by atoms with Crippen molar-refractivity contribution in [3.8, 4) is 11.5 Å². The molecule has 9 heteroatoms. The SMILES string of the molecule is CC.CC.COc1ccc(CN(CC(=O)c2ccc(F)cc2)C(=O)C(F)(F)F)c(OC)c1. The first-order chi connectivity index (χ1) is 15.2. The van der Waals surface area contributed by atoms with Crippen LogP contribution in [0.2, 0.25) is 0 Å². The molecular formula is C23H29F4NO4. The van der Waals surface area contributed by atoms with E-state index in [0.29, 0.717) is 10.6 Å². The molecule has 0 N–H and O–H groups in total. The maximum Gasteiger partial charge on any atom is 0.471 e. The molecule has 2 aromatic carbocycles. The Morgan fingerprint density at radius 1 is 0.906 bits per heavy atom. The third kappa shape index (κ3) is 8.56. The van der Waals surface area contributed by atoms with Crippen molar-refractivity contribution in [2.75, 3.05) is 20.8 Å². The minimum absolute atomic E-state index is 0.0110. The molecular weight excluding hydrogens is 430 g/mol. The summed E-state index contributed by atoms with van der Waals surface area (Å²) in [5.74, 6) is -2.90. The zero-order valence-corrected chi connectivity index (χ0v) is 19.0. The zero-order chi connectivity index (χ0) is 24.9. The first-order valence-electron chi connectivity index (χ1n) is 10.0. The number of ketones is 1. The normalized spacial score (nSPS) is 10.1. The van der Waals surface area contributed by atoms with Gasteiger partial charge in [-0.2, -0.15) is 13.2 Å². The van der Waals surface area contributed by atoms with Crippen molar-refractivity contribution >= 4 is 11.7 Å². The molecule has 0 radical (unpaired) electrons.